The number of aromatic nitrogens is 2. The van der Waals surface area contributed by atoms with Crippen LogP contribution in [0.4, 0.5) is 0 Å². The highest BCUT2D eigenvalue weighted by atomic mass is 16.4. The Morgan fingerprint density at radius 3 is 2.52 bits per heavy atom. The highest BCUT2D eigenvalue weighted by Crippen LogP contribution is 2.27. The van der Waals surface area contributed by atoms with Crippen LogP contribution in [0.25, 0.3) is 0 Å². The minimum Gasteiger partial charge on any atom is -0.480 e. The van der Waals surface area contributed by atoms with Gasteiger partial charge in [0.15, 0.2) is 6.04 Å². The van der Waals surface area contributed by atoms with Gasteiger partial charge in [0.05, 0.1) is 12.0 Å². The monoisotopic (exact) mass is 292 g/mol. The van der Waals surface area contributed by atoms with E-state index in [4.69, 9.17) is 0 Å². The van der Waals surface area contributed by atoms with Crippen LogP contribution in [0.5, 0.6) is 0 Å². The first-order valence-corrected chi connectivity index (χ1v) is 7.87. The van der Waals surface area contributed by atoms with E-state index in [1.165, 1.54) is 25.7 Å². The number of hydrogen-bond acceptors (Lipinski definition) is 4. The molecule has 2 heterocycles. The number of nitrogens with zero attached hydrogens (tertiary/aromatic N) is 3. The van der Waals surface area contributed by atoms with E-state index < -0.39 is 12.0 Å². The third-order valence-electron chi connectivity index (χ3n) is 4.92. The summed E-state index contributed by atoms with van der Waals surface area (Å²) in [5, 5.41) is 9.59. The summed E-state index contributed by atoms with van der Waals surface area (Å²) in [6.07, 6.45) is 6.88. The number of H-pyrrole nitrogens is 1. The van der Waals surface area contributed by atoms with Gasteiger partial charge < -0.3 is 10.1 Å². The second-order valence-corrected chi connectivity index (χ2v) is 6.16. The summed E-state index contributed by atoms with van der Waals surface area (Å²) in [4.78, 5) is 23.5. The summed E-state index contributed by atoms with van der Waals surface area (Å²) in [5.41, 5.74) is 1.50. The summed E-state index contributed by atoms with van der Waals surface area (Å²) in [6.45, 7) is 5.43. The van der Waals surface area contributed by atoms with Crippen LogP contribution in [-0.2, 0) is 4.79 Å². The molecule has 2 N–H and O–H groups in total. The van der Waals surface area contributed by atoms with Crippen molar-refractivity contribution in [2.24, 2.45) is 0 Å². The molecular weight excluding hydrogens is 268 g/mol. The number of piperazine rings is 1. The van der Waals surface area contributed by atoms with Gasteiger partial charge in [0.1, 0.15) is 0 Å². The lowest BCUT2D eigenvalue weighted by atomic mass is 10.1. The first kappa shape index (κ1) is 14.5. The van der Waals surface area contributed by atoms with Gasteiger partial charge in [0.25, 0.3) is 0 Å². The molecule has 0 amide bonds. The van der Waals surface area contributed by atoms with Crippen molar-refractivity contribution in [1.29, 1.82) is 0 Å². The van der Waals surface area contributed by atoms with Crippen LogP contribution in [-0.4, -0.2) is 63.1 Å². The lowest BCUT2D eigenvalue weighted by Crippen LogP contribution is -2.51. The topological polar surface area (TPSA) is 72.5 Å². The summed E-state index contributed by atoms with van der Waals surface area (Å²) in [5.74, 6) is -0.806. The van der Waals surface area contributed by atoms with Gasteiger partial charge in [-0.2, -0.15) is 0 Å². The number of aromatic amines is 1. The van der Waals surface area contributed by atoms with Crippen molar-refractivity contribution in [3.63, 3.8) is 0 Å². The van der Waals surface area contributed by atoms with Gasteiger partial charge in [-0.1, -0.05) is 12.8 Å². The van der Waals surface area contributed by atoms with Gasteiger partial charge in [-0.05, 0) is 19.8 Å². The Hall–Kier alpha value is -1.40. The number of imidazole rings is 1. The largest absolute Gasteiger partial charge is 0.480 e. The van der Waals surface area contributed by atoms with E-state index in [0.717, 1.165) is 37.9 Å². The molecule has 2 fully saturated rings. The zero-order chi connectivity index (χ0) is 14.8. The molecule has 1 saturated heterocycles. The summed E-state index contributed by atoms with van der Waals surface area (Å²) < 4.78 is 0. The highest BCUT2D eigenvalue weighted by molar-refractivity contribution is 5.75. The number of rotatable bonds is 4. The molecule has 1 aromatic heterocycles. The fraction of sp³-hybridized carbons (Fsp3) is 0.733. The van der Waals surface area contributed by atoms with Crippen molar-refractivity contribution >= 4 is 5.97 Å². The first-order chi connectivity index (χ1) is 10.2. The SMILES string of the molecule is Cc1[nH]cnc1C(C(=O)O)N1CCN(C2CCCC2)CC1. The summed E-state index contributed by atoms with van der Waals surface area (Å²) >= 11 is 0. The van der Waals surface area contributed by atoms with Crippen LogP contribution in [0.2, 0.25) is 0 Å². The van der Waals surface area contributed by atoms with Crippen molar-refractivity contribution in [1.82, 2.24) is 19.8 Å². The lowest BCUT2D eigenvalue weighted by Gasteiger charge is -2.40. The predicted octanol–water partition coefficient (Wildman–Crippen LogP) is 1.40. The predicted molar refractivity (Wildman–Crippen MR) is 79.1 cm³/mol. The maximum Gasteiger partial charge on any atom is 0.327 e. The molecule has 21 heavy (non-hydrogen) atoms. The van der Waals surface area contributed by atoms with Gasteiger partial charge in [-0.3, -0.25) is 14.6 Å². The normalized spacial score (nSPS) is 23.5. The third kappa shape index (κ3) is 2.96. The van der Waals surface area contributed by atoms with E-state index >= 15 is 0 Å². The molecule has 3 rings (SSSR count). The van der Waals surface area contributed by atoms with E-state index in [-0.39, 0.29) is 0 Å². The lowest BCUT2D eigenvalue weighted by molar-refractivity contribution is -0.144. The van der Waals surface area contributed by atoms with Crippen molar-refractivity contribution in [2.75, 3.05) is 26.2 Å². The van der Waals surface area contributed by atoms with Crippen LogP contribution >= 0.6 is 0 Å². The first-order valence-electron chi connectivity index (χ1n) is 7.87. The summed E-state index contributed by atoms with van der Waals surface area (Å²) in [7, 11) is 0. The van der Waals surface area contributed by atoms with E-state index in [0.29, 0.717) is 5.69 Å². The fourth-order valence-electron chi connectivity index (χ4n) is 3.72. The molecule has 0 aromatic carbocycles. The van der Waals surface area contributed by atoms with E-state index in [1.807, 2.05) is 6.92 Å². The molecule has 0 bridgehead atoms. The molecule has 6 heteroatoms. The zero-order valence-electron chi connectivity index (χ0n) is 12.6. The third-order valence-corrected chi connectivity index (χ3v) is 4.92. The summed E-state index contributed by atoms with van der Waals surface area (Å²) in [6, 6.07) is 0.101. The molecule has 1 atom stereocenters. The van der Waals surface area contributed by atoms with Gasteiger partial charge in [0.2, 0.25) is 0 Å². The van der Waals surface area contributed by atoms with Crippen molar-refractivity contribution < 1.29 is 9.90 Å². The minimum atomic E-state index is -0.806. The number of aryl methyl sites for hydroxylation is 1. The highest BCUT2D eigenvalue weighted by Gasteiger charge is 2.34. The number of carbonyl (C=O) groups is 1. The number of aliphatic carboxylic acids is 1. The van der Waals surface area contributed by atoms with Crippen molar-refractivity contribution in [3.8, 4) is 0 Å². The average Bonchev–Trinajstić information content (AvgIpc) is 3.12. The second-order valence-electron chi connectivity index (χ2n) is 6.16. The van der Waals surface area contributed by atoms with Crippen LogP contribution < -0.4 is 0 Å². The van der Waals surface area contributed by atoms with Crippen LogP contribution in [0.3, 0.4) is 0 Å². The Balaban J connectivity index is 1.66. The van der Waals surface area contributed by atoms with Crippen LogP contribution in [0.15, 0.2) is 6.33 Å². The van der Waals surface area contributed by atoms with Gasteiger partial charge >= 0.3 is 5.97 Å². The van der Waals surface area contributed by atoms with E-state index in [1.54, 1.807) is 6.33 Å². The molecule has 116 valence electrons. The van der Waals surface area contributed by atoms with Crippen LogP contribution in [0.1, 0.15) is 43.1 Å². The van der Waals surface area contributed by atoms with Gasteiger partial charge in [0, 0.05) is 37.9 Å². The number of hydrogen-bond donors (Lipinski definition) is 2. The number of carboxylic acids is 1. The molecule has 1 aromatic rings. The quantitative estimate of drug-likeness (QED) is 0.878. The minimum absolute atomic E-state index is 0.623. The standard InChI is InChI=1S/C15H24N4O2/c1-11-13(17-10-16-11)14(15(20)21)19-8-6-18(7-9-19)12-4-2-3-5-12/h10,12,14H,2-9H2,1H3,(H,16,17)(H,20,21). The number of nitrogens with one attached hydrogen (secondary N) is 1. The van der Waals surface area contributed by atoms with Gasteiger partial charge in [-0.15, -0.1) is 0 Å². The molecule has 0 radical (unpaired) electrons. The van der Waals surface area contributed by atoms with Gasteiger partial charge in [-0.25, -0.2) is 4.98 Å². The van der Waals surface area contributed by atoms with Crippen LogP contribution in [0, 0.1) is 6.92 Å². The smallest absolute Gasteiger partial charge is 0.327 e. The maximum absolute atomic E-state index is 11.7. The molecule has 1 aliphatic heterocycles. The molecular formula is C15H24N4O2. The molecule has 6 nitrogen and oxygen atoms in total. The zero-order valence-corrected chi connectivity index (χ0v) is 12.6. The molecule has 0 spiro atoms. The Bertz CT molecular complexity index is 488. The van der Waals surface area contributed by atoms with Crippen molar-refractivity contribution in [2.45, 2.75) is 44.7 Å². The Morgan fingerprint density at radius 2 is 2.00 bits per heavy atom. The number of carboxylic acid groups (broad SMARTS) is 1. The molecule has 2 aliphatic rings. The maximum atomic E-state index is 11.7. The fourth-order valence-corrected chi connectivity index (χ4v) is 3.72. The Morgan fingerprint density at radius 1 is 1.33 bits per heavy atom. The molecule has 1 saturated carbocycles. The Kier molecular flexibility index (Phi) is 4.26. The van der Waals surface area contributed by atoms with E-state index in [2.05, 4.69) is 19.8 Å². The van der Waals surface area contributed by atoms with E-state index in [9.17, 15) is 9.90 Å². The average molecular weight is 292 g/mol. The van der Waals surface area contributed by atoms with Crippen molar-refractivity contribution in [3.05, 3.63) is 17.7 Å². The molecule has 1 aliphatic carbocycles. The second kappa shape index (κ2) is 6.15. The molecule has 1 unspecified atom stereocenters. The Labute approximate surface area is 125 Å².